The second-order valence-electron chi connectivity index (χ2n) is 4.84. The molecule has 0 unspecified atom stereocenters. The van der Waals surface area contributed by atoms with Crippen LogP contribution in [0, 0.1) is 5.92 Å². The Hall–Kier alpha value is -1.24. The highest BCUT2D eigenvalue weighted by Crippen LogP contribution is 2.20. The van der Waals surface area contributed by atoms with E-state index in [0.29, 0.717) is 18.7 Å². The molecule has 6 nitrogen and oxygen atoms in total. The maximum absolute atomic E-state index is 12.1. The summed E-state index contributed by atoms with van der Waals surface area (Å²) in [6.45, 7) is 3.71. The van der Waals surface area contributed by atoms with Crippen molar-refractivity contribution >= 4 is 30.4 Å². The highest BCUT2D eigenvalue weighted by atomic mass is 32.1. The van der Waals surface area contributed by atoms with Gasteiger partial charge in [0.15, 0.2) is 0 Å². The summed E-state index contributed by atoms with van der Waals surface area (Å²) in [5.74, 6) is -1.40. The molecular weight excluding hydrogens is 268 g/mol. The van der Waals surface area contributed by atoms with Crippen LogP contribution in [0.1, 0.15) is 26.7 Å². The molecule has 1 rings (SSSR count). The van der Waals surface area contributed by atoms with E-state index >= 15 is 0 Å². The fourth-order valence-electron chi connectivity index (χ4n) is 2.04. The van der Waals surface area contributed by atoms with Crippen LogP contribution < -0.4 is 5.32 Å². The molecule has 1 aliphatic rings. The van der Waals surface area contributed by atoms with Gasteiger partial charge in [-0.3, -0.25) is 14.4 Å². The van der Waals surface area contributed by atoms with Crippen molar-refractivity contribution in [2.24, 2.45) is 5.92 Å². The van der Waals surface area contributed by atoms with Crippen molar-refractivity contribution in [2.45, 2.75) is 38.8 Å². The van der Waals surface area contributed by atoms with Crippen LogP contribution in [0.15, 0.2) is 0 Å². The third kappa shape index (κ3) is 3.86. The Morgan fingerprint density at radius 2 is 2.05 bits per heavy atom. The van der Waals surface area contributed by atoms with Gasteiger partial charge in [-0.2, -0.15) is 12.6 Å². The second kappa shape index (κ2) is 6.79. The molecule has 0 bridgehead atoms. The smallest absolute Gasteiger partial charge is 0.325 e. The van der Waals surface area contributed by atoms with Gasteiger partial charge in [-0.05, 0) is 19.8 Å². The normalized spacial score (nSPS) is 21.8. The van der Waals surface area contributed by atoms with Crippen molar-refractivity contribution in [1.29, 1.82) is 0 Å². The zero-order valence-corrected chi connectivity index (χ0v) is 12.0. The first-order valence-corrected chi connectivity index (χ1v) is 6.96. The Bertz CT molecular complexity index is 375. The molecule has 0 aliphatic carbocycles. The largest absolute Gasteiger partial charge is 0.480 e. The van der Waals surface area contributed by atoms with Crippen LogP contribution in [0.5, 0.6) is 0 Å². The fourth-order valence-corrected chi connectivity index (χ4v) is 2.19. The molecule has 3 atom stereocenters. The molecule has 19 heavy (non-hydrogen) atoms. The number of rotatable bonds is 5. The van der Waals surface area contributed by atoms with Crippen LogP contribution in [0.2, 0.25) is 0 Å². The number of carboxylic acid groups (broad SMARTS) is 1. The van der Waals surface area contributed by atoms with Gasteiger partial charge in [0.05, 0.1) is 0 Å². The lowest BCUT2D eigenvalue weighted by Crippen LogP contribution is -2.51. The molecule has 2 amide bonds. The molecule has 0 spiro atoms. The lowest BCUT2D eigenvalue weighted by molar-refractivity contribution is -0.144. The maximum Gasteiger partial charge on any atom is 0.325 e. The highest BCUT2D eigenvalue weighted by molar-refractivity contribution is 7.80. The SMILES string of the molecule is C[C@H](CS)C(=O)N1CCC[C@H]1C(=O)N[C@H](C)C(=O)O. The van der Waals surface area contributed by atoms with Crippen molar-refractivity contribution in [3.05, 3.63) is 0 Å². The van der Waals surface area contributed by atoms with Gasteiger partial charge >= 0.3 is 5.97 Å². The zero-order valence-electron chi connectivity index (χ0n) is 11.1. The predicted octanol–water partition coefficient (Wildman–Crippen LogP) is 0.133. The average Bonchev–Trinajstić information content (AvgIpc) is 2.85. The Balaban J connectivity index is 2.68. The summed E-state index contributed by atoms with van der Waals surface area (Å²) in [6.07, 6.45) is 1.33. The first kappa shape index (κ1) is 15.8. The molecule has 108 valence electrons. The quantitative estimate of drug-likeness (QED) is 0.628. The van der Waals surface area contributed by atoms with Gasteiger partial charge < -0.3 is 15.3 Å². The number of thiol groups is 1. The number of hydrogen-bond acceptors (Lipinski definition) is 4. The molecule has 0 aromatic rings. The Morgan fingerprint density at radius 3 is 2.58 bits per heavy atom. The molecule has 1 fully saturated rings. The number of carbonyl (C=O) groups is 3. The molecule has 0 radical (unpaired) electrons. The molecule has 0 aromatic carbocycles. The van der Waals surface area contributed by atoms with Crippen LogP contribution in [0.3, 0.4) is 0 Å². The molecule has 0 saturated carbocycles. The van der Waals surface area contributed by atoms with E-state index in [1.54, 1.807) is 6.92 Å². The van der Waals surface area contributed by atoms with Crippen LogP contribution in [0.4, 0.5) is 0 Å². The van der Waals surface area contributed by atoms with E-state index in [1.165, 1.54) is 11.8 Å². The molecule has 1 saturated heterocycles. The van der Waals surface area contributed by atoms with Gasteiger partial charge in [0.25, 0.3) is 0 Å². The Morgan fingerprint density at radius 1 is 1.42 bits per heavy atom. The molecule has 7 heteroatoms. The van der Waals surface area contributed by atoms with Gasteiger partial charge in [0, 0.05) is 18.2 Å². The number of nitrogens with zero attached hydrogens (tertiary/aromatic N) is 1. The summed E-state index contributed by atoms with van der Waals surface area (Å²) in [5, 5.41) is 11.2. The molecule has 1 heterocycles. The minimum atomic E-state index is -1.09. The van der Waals surface area contributed by atoms with E-state index in [4.69, 9.17) is 5.11 Å². The Kier molecular flexibility index (Phi) is 5.65. The number of nitrogens with one attached hydrogen (secondary N) is 1. The fraction of sp³-hybridized carbons (Fsp3) is 0.750. The average molecular weight is 288 g/mol. The Labute approximate surface area is 117 Å². The van der Waals surface area contributed by atoms with E-state index < -0.39 is 24.0 Å². The van der Waals surface area contributed by atoms with Gasteiger partial charge in [0.1, 0.15) is 12.1 Å². The van der Waals surface area contributed by atoms with E-state index in [0.717, 1.165) is 6.42 Å². The summed E-state index contributed by atoms with van der Waals surface area (Å²) in [4.78, 5) is 36.3. The van der Waals surface area contributed by atoms with Crippen molar-refractivity contribution in [2.75, 3.05) is 12.3 Å². The minimum absolute atomic E-state index is 0.101. The van der Waals surface area contributed by atoms with E-state index in [2.05, 4.69) is 17.9 Å². The number of carboxylic acids is 1. The maximum atomic E-state index is 12.1. The highest BCUT2D eigenvalue weighted by Gasteiger charge is 2.36. The topological polar surface area (TPSA) is 86.7 Å². The minimum Gasteiger partial charge on any atom is -0.480 e. The number of amides is 2. The van der Waals surface area contributed by atoms with Gasteiger partial charge in [-0.1, -0.05) is 6.92 Å². The molecule has 1 aliphatic heterocycles. The number of hydrogen-bond donors (Lipinski definition) is 3. The monoisotopic (exact) mass is 288 g/mol. The lowest BCUT2D eigenvalue weighted by Gasteiger charge is -2.26. The summed E-state index contributed by atoms with van der Waals surface area (Å²) in [5.41, 5.74) is 0. The third-order valence-electron chi connectivity index (χ3n) is 3.26. The number of carbonyl (C=O) groups excluding carboxylic acids is 2. The first-order valence-electron chi connectivity index (χ1n) is 6.33. The lowest BCUT2D eigenvalue weighted by atomic mass is 10.1. The van der Waals surface area contributed by atoms with Crippen LogP contribution in [-0.2, 0) is 14.4 Å². The number of aliphatic carboxylic acids is 1. The number of likely N-dealkylation sites (tertiary alicyclic amines) is 1. The summed E-state index contributed by atoms with van der Waals surface area (Å²) >= 11 is 4.09. The molecule has 2 N–H and O–H groups in total. The van der Waals surface area contributed by atoms with Crippen molar-refractivity contribution in [1.82, 2.24) is 10.2 Å². The first-order chi connectivity index (χ1) is 8.88. The zero-order chi connectivity index (χ0) is 14.6. The van der Waals surface area contributed by atoms with Crippen LogP contribution in [-0.4, -0.2) is 52.2 Å². The van der Waals surface area contributed by atoms with Crippen LogP contribution >= 0.6 is 12.6 Å². The second-order valence-corrected chi connectivity index (χ2v) is 5.21. The van der Waals surface area contributed by atoms with Gasteiger partial charge in [-0.25, -0.2) is 0 Å². The predicted molar refractivity (Wildman–Crippen MR) is 73.0 cm³/mol. The van der Waals surface area contributed by atoms with E-state index in [9.17, 15) is 14.4 Å². The summed E-state index contributed by atoms with van der Waals surface area (Å²) in [7, 11) is 0. The third-order valence-corrected chi connectivity index (χ3v) is 3.81. The van der Waals surface area contributed by atoms with Crippen molar-refractivity contribution < 1.29 is 19.5 Å². The standard InChI is InChI=1S/C12H20N2O4S/c1-7(6-19)11(16)14-5-3-4-9(14)10(15)13-8(2)12(17)18/h7-9,19H,3-6H2,1-2H3,(H,13,15)(H,17,18)/t7-,8-,9+/m1/s1. The van der Waals surface area contributed by atoms with Gasteiger partial charge in [0.2, 0.25) is 11.8 Å². The van der Waals surface area contributed by atoms with E-state index in [-0.39, 0.29) is 11.8 Å². The summed E-state index contributed by atoms with van der Waals surface area (Å²) < 4.78 is 0. The van der Waals surface area contributed by atoms with Crippen molar-refractivity contribution in [3.8, 4) is 0 Å². The van der Waals surface area contributed by atoms with Crippen LogP contribution in [0.25, 0.3) is 0 Å². The molecular formula is C12H20N2O4S. The summed E-state index contributed by atoms with van der Waals surface area (Å²) in [6, 6.07) is -1.51. The molecule has 0 aromatic heterocycles. The van der Waals surface area contributed by atoms with E-state index in [1.807, 2.05) is 0 Å². The van der Waals surface area contributed by atoms with Gasteiger partial charge in [-0.15, -0.1) is 0 Å². The van der Waals surface area contributed by atoms with Crippen molar-refractivity contribution in [3.63, 3.8) is 0 Å².